The molecule has 0 aliphatic heterocycles. The number of carbonyl (C=O) groups excluding carboxylic acids is 1. The number of nitrogens with two attached hydrogens (primary N) is 1. The van der Waals surface area contributed by atoms with Crippen LogP contribution in [0.5, 0.6) is 5.75 Å². The normalized spacial score (nSPS) is 13.8. The van der Waals surface area contributed by atoms with E-state index in [4.69, 9.17) is 14.9 Å². The minimum absolute atomic E-state index is 0.0183. The minimum atomic E-state index is -0.192. The average Bonchev–Trinajstić information content (AvgIpc) is 2.90. The number of benzene rings is 1. The second-order valence-electron chi connectivity index (χ2n) is 5.56. The highest BCUT2D eigenvalue weighted by Gasteiger charge is 2.16. The molecule has 0 aliphatic carbocycles. The van der Waals surface area contributed by atoms with E-state index >= 15 is 0 Å². The van der Waals surface area contributed by atoms with Gasteiger partial charge in [0, 0.05) is 17.8 Å². The highest BCUT2D eigenvalue weighted by atomic mass is 16.5. The first-order chi connectivity index (χ1) is 10.5. The Morgan fingerprint density at radius 3 is 2.86 bits per heavy atom. The zero-order chi connectivity index (χ0) is 16.1. The van der Waals surface area contributed by atoms with Crippen LogP contribution in [0.4, 0.5) is 0 Å². The van der Waals surface area contributed by atoms with Gasteiger partial charge < -0.3 is 20.2 Å². The van der Waals surface area contributed by atoms with Gasteiger partial charge >= 0.3 is 0 Å². The number of ether oxygens (including phenoxy) is 1. The summed E-state index contributed by atoms with van der Waals surface area (Å²) in [4.78, 5) is 11.9. The molecule has 120 valence electrons. The lowest BCUT2D eigenvalue weighted by molar-refractivity contribution is -0.122. The van der Waals surface area contributed by atoms with E-state index < -0.39 is 0 Å². The van der Waals surface area contributed by atoms with E-state index in [1.807, 2.05) is 45.0 Å². The highest BCUT2D eigenvalue weighted by molar-refractivity contribution is 5.84. The highest BCUT2D eigenvalue weighted by Crippen LogP contribution is 2.31. The molecule has 5 heteroatoms. The van der Waals surface area contributed by atoms with Gasteiger partial charge in [0.15, 0.2) is 11.3 Å². The summed E-state index contributed by atoms with van der Waals surface area (Å²) in [5.74, 6) is 1.42. The Hall–Kier alpha value is -2.01. The summed E-state index contributed by atoms with van der Waals surface area (Å²) in [6.07, 6.45) is 1.10. The van der Waals surface area contributed by atoms with Crippen molar-refractivity contribution in [3.05, 3.63) is 30.0 Å². The fourth-order valence-electron chi connectivity index (χ4n) is 2.28. The largest absolute Gasteiger partial charge is 0.490 e. The average molecular weight is 304 g/mol. The third-order valence-electron chi connectivity index (χ3n) is 3.46. The van der Waals surface area contributed by atoms with Crippen molar-refractivity contribution < 1.29 is 13.9 Å². The molecule has 0 bridgehead atoms. The van der Waals surface area contributed by atoms with Crippen molar-refractivity contribution in [1.29, 1.82) is 0 Å². The van der Waals surface area contributed by atoms with Crippen LogP contribution < -0.4 is 15.8 Å². The van der Waals surface area contributed by atoms with Crippen molar-refractivity contribution in [3.63, 3.8) is 0 Å². The number of hydrogen-bond acceptors (Lipinski definition) is 4. The third kappa shape index (κ3) is 4.01. The molecule has 0 saturated carbocycles. The number of para-hydroxylation sites is 1. The maximum absolute atomic E-state index is 11.9. The van der Waals surface area contributed by atoms with Gasteiger partial charge in [0.1, 0.15) is 5.76 Å². The lowest BCUT2D eigenvalue weighted by Crippen LogP contribution is -2.28. The Balaban J connectivity index is 2.10. The fraction of sp³-hybridized carbons (Fsp3) is 0.471. The number of fused-ring (bicyclic) bond motifs is 1. The van der Waals surface area contributed by atoms with Crippen LogP contribution in [-0.2, 0) is 4.79 Å². The van der Waals surface area contributed by atoms with Crippen molar-refractivity contribution >= 4 is 16.9 Å². The van der Waals surface area contributed by atoms with E-state index in [1.54, 1.807) is 0 Å². The van der Waals surface area contributed by atoms with Crippen LogP contribution in [0.1, 0.15) is 45.4 Å². The standard InChI is InChI=1S/C17H24N2O3/c1-4-21-14-7-5-6-13-10-15(22-17(13)14)12(3)19-16(20)9-8-11(2)18/h5-7,10-12H,4,8-9,18H2,1-3H3,(H,19,20). The fourth-order valence-corrected chi connectivity index (χ4v) is 2.28. The van der Waals surface area contributed by atoms with Gasteiger partial charge in [0.05, 0.1) is 12.6 Å². The van der Waals surface area contributed by atoms with Crippen molar-refractivity contribution in [2.45, 2.75) is 45.7 Å². The van der Waals surface area contributed by atoms with Crippen molar-refractivity contribution in [3.8, 4) is 5.75 Å². The summed E-state index contributed by atoms with van der Waals surface area (Å²) >= 11 is 0. The molecular formula is C17H24N2O3. The van der Waals surface area contributed by atoms with Gasteiger partial charge in [-0.1, -0.05) is 12.1 Å². The van der Waals surface area contributed by atoms with Crippen LogP contribution in [0.15, 0.2) is 28.7 Å². The summed E-state index contributed by atoms with van der Waals surface area (Å²) in [6.45, 7) is 6.32. The van der Waals surface area contributed by atoms with Crippen LogP contribution in [0.25, 0.3) is 11.0 Å². The zero-order valence-electron chi connectivity index (χ0n) is 13.4. The SMILES string of the molecule is CCOc1cccc2cc(C(C)NC(=O)CCC(C)N)oc12. The first kappa shape index (κ1) is 16.4. The summed E-state index contributed by atoms with van der Waals surface area (Å²) < 4.78 is 11.4. The Morgan fingerprint density at radius 1 is 1.41 bits per heavy atom. The summed E-state index contributed by atoms with van der Waals surface area (Å²) in [7, 11) is 0. The third-order valence-corrected chi connectivity index (χ3v) is 3.46. The first-order valence-corrected chi connectivity index (χ1v) is 7.71. The summed E-state index contributed by atoms with van der Waals surface area (Å²) in [6, 6.07) is 7.55. The number of furan rings is 1. The lowest BCUT2D eigenvalue weighted by atomic mass is 10.1. The summed E-state index contributed by atoms with van der Waals surface area (Å²) in [5, 5.41) is 3.90. The molecule has 0 fully saturated rings. The Morgan fingerprint density at radius 2 is 2.18 bits per heavy atom. The molecule has 2 unspecified atom stereocenters. The second kappa shape index (κ2) is 7.31. The monoisotopic (exact) mass is 304 g/mol. The molecule has 3 N–H and O–H groups in total. The van der Waals surface area contributed by atoms with Gasteiger partial charge in [-0.2, -0.15) is 0 Å². The van der Waals surface area contributed by atoms with Gasteiger partial charge in [-0.3, -0.25) is 4.79 Å². The molecule has 2 rings (SSSR count). The number of amides is 1. The van der Waals surface area contributed by atoms with Crippen LogP contribution in [0.3, 0.4) is 0 Å². The summed E-state index contributed by atoms with van der Waals surface area (Å²) in [5.41, 5.74) is 6.38. The molecule has 5 nitrogen and oxygen atoms in total. The topological polar surface area (TPSA) is 77.5 Å². The lowest BCUT2D eigenvalue weighted by Gasteiger charge is -2.12. The molecule has 22 heavy (non-hydrogen) atoms. The van der Waals surface area contributed by atoms with Crippen LogP contribution >= 0.6 is 0 Å². The Kier molecular flexibility index (Phi) is 5.44. The van der Waals surface area contributed by atoms with E-state index in [1.165, 1.54) is 0 Å². The van der Waals surface area contributed by atoms with E-state index in [0.29, 0.717) is 19.4 Å². The van der Waals surface area contributed by atoms with Gasteiger partial charge in [0.2, 0.25) is 5.91 Å². The Bertz CT molecular complexity index is 634. The molecule has 0 aliphatic rings. The molecule has 1 heterocycles. The first-order valence-electron chi connectivity index (χ1n) is 7.71. The molecule has 0 radical (unpaired) electrons. The smallest absolute Gasteiger partial charge is 0.220 e. The minimum Gasteiger partial charge on any atom is -0.490 e. The van der Waals surface area contributed by atoms with Gasteiger partial charge in [-0.15, -0.1) is 0 Å². The zero-order valence-corrected chi connectivity index (χ0v) is 13.4. The van der Waals surface area contributed by atoms with Crippen molar-refractivity contribution in [2.75, 3.05) is 6.61 Å². The molecule has 2 aromatic rings. The van der Waals surface area contributed by atoms with E-state index in [9.17, 15) is 4.79 Å². The predicted molar refractivity (Wildman–Crippen MR) is 86.8 cm³/mol. The van der Waals surface area contributed by atoms with E-state index in [-0.39, 0.29) is 18.0 Å². The molecule has 1 aromatic heterocycles. The number of hydrogen-bond donors (Lipinski definition) is 2. The molecule has 1 aromatic carbocycles. The number of carbonyl (C=O) groups is 1. The molecule has 0 spiro atoms. The molecule has 1 amide bonds. The van der Waals surface area contributed by atoms with E-state index in [0.717, 1.165) is 22.5 Å². The van der Waals surface area contributed by atoms with Gasteiger partial charge in [-0.05, 0) is 39.3 Å². The number of rotatable bonds is 7. The van der Waals surface area contributed by atoms with Crippen LogP contribution in [0, 0.1) is 0 Å². The quantitative estimate of drug-likeness (QED) is 0.824. The van der Waals surface area contributed by atoms with E-state index in [2.05, 4.69) is 5.32 Å². The van der Waals surface area contributed by atoms with Crippen molar-refractivity contribution in [1.82, 2.24) is 5.32 Å². The van der Waals surface area contributed by atoms with Gasteiger partial charge in [-0.25, -0.2) is 0 Å². The predicted octanol–water partition coefficient (Wildman–Crippen LogP) is 3.14. The maximum Gasteiger partial charge on any atom is 0.220 e. The second-order valence-corrected chi connectivity index (χ2v) is 5.56. The number of nitrogens with one attached hydrogen (secondary N) is 1. The Labute approximate surface area is 130 Å². The maximum atomic E-state index is 11.9. The molecule has 2 atom stereocenters. The molecule has 0 saturated heterocycles. The molecular weight excluding hydrogens is 280 g/mol. The van der Waals surface area contributed by atoms with Crippen LogP contribution in [-0.4, -0.2) is 18.6 Å². The van der Waals surface area contributed by atoms with Crippen molar-refractivity contribution in [2.24, 2.45) is 5.73 Å². The van der Waals surface area contributed by atoms with Crippen LogP contribution in [0.2, 0.25) is 0 Å². The van der Waals surface area contributed by atoms with Gasteiger partial charge in [0.25, 0.3) is 0 Å².